The van der Waals surface area contributed by atoms with Crippen LogP contribution in [0.25, 0.3) is 10.9 Å². The average molecular weight is 401 g/mol. The van der Waals surface area contributed by atoms with E-state index in [0.717, 1.165) is 35.7 Å². The van der Waals surface area contributed by atoms with E-state index in [-0.39, 0.29) is 6.04 Å². The van der Waals surface area contributed by atoms with Crippen LogP contribution in [0.3, 0.4) is 0 Å². The molecule has 1 heterocycles. The van der Waals surface area contributed by atoms with Gasteiger partial charge in [0, 0.05) is 11.5 Å². The van der Waals surface area contributed by atoms with E-state index in [1.807, 2.05) is 51.1 Å². The van der Waals surface area contributed by atoms with Crippen molar-refractivity contribution in [2.24, 2.45) is 0 Å². The summed E-state index contributed by atoms with van der Waals surface area (Å²) >= 11 is 0. The Morgan fingerprint density at radius 1 is 1.28 bits per heavy atom. The summed E-state index contributed by atoms with van der Waals surface area (Å²) in [5, 5.41) is 15.4. The molecule has 0 radical (unpaired) electrons. The number of amides is 1. The Morgan fingerprint density at radius 3 is 2.79 bits per heavy atom. The number of ether oxygens (including phenoxy) is 2. The highest BCUT2D eigenvalue weighted by Crippen LogP contribution is 2.33. The molecule has 2 aromatic rings. The topological polar surface area (TPSA) is 80.7 Å². The number of benzene rings is 1. The van der Waals surface area contributed by atoms with Gasteiger partial charge in [0.05, 0.1) is 24.3 Å². The molecule has 6 nitrogen and oxygen atoms in total. The smallest absolute Gasteiger partial charge is 0.407 e. The number of aryl methyl sites for hydroxylation is 1. The van der Waals surface area contributed by atoms with Crippen molar-refractivity contribution < 1.29 is 19.4 Å². The van der Waals surface area contributed by atoms with Gasteiger partial charge in [-0.15, -0.1) is 0 Å². The molecule has 1 amide bonds. The molecular weight excluding hydrogens is 368 g/mol. The Balaban J connectivity index is 1.75. The molecule has 3 rings (SSSR count). The number of carbonyl (C=O) groups excluding carboxylic acids is 1. The highest BCUT2D eigenvalue weighted by molar-refractivity contribution is 5.82. The summed E-state index contributed by atoms with van der Waals surface area (Å²) in [4.78, 5) is 16.9. The highest BCUT2D eigenvalue weighted by Gasteiger charge is 2.40. The third kappa shape index (κ3) is 5.38. The van der Waals surface area contributed by atoms with Crippen LogP contribution < -0.4 is 10.1 Å². The Bertz CT molecular complexity index is 862. The SMILES string of the molecule is COc1ccc2cccc(CCC3(O)CCCCC3NC(=O)OC(C)(C)C)c2n1. The molecule has 1 aromatic heterocycles. The van der Waals surface area contributed by atoms with E-state index in [4.69, 9.17) is 9.47 Å². The number of carbonyl (C=O) groups is 1. The Hall–Kier alpha value is -2.34. The molecule has 0 saturated heterocycles. The summed E-state index contributed by atoms with van der Waals surface area (Å²) in [7, 11) is 1.61. The van der Waals surface area contributed by atoms with Crippen LogP contribution in [0.1, 0.15) is 58.4 Å². The van der Waals surface area contributed by atoms with E-state index in [1.165, 1.54) is 0 Å². The van der Waals surface area contributed by atoms with Crippen LogP contribution >= 0.6 is 0 Å². The normalized spacial score (nSPS) is 22.3. The summed E-state index contributed by atoms with van der Waals surface area (Å²) < 4.78 is 10.7. The Morgan fingerprint density at radius 2 is 2.07 bits per heavy atom. The van der Waals surface area contributed by atoms with Crippen molar-refractivity contribution in [3.8, 4) is 5.88 Å². The fourth-order valence-corrected chi connectivity index (χ4v) is 4.04. The summed E-state index contributed by atoms with van der Waals surface area (Å²) in [6, 6.07) is 9.59. The van der Waals surface area contributed by atoms with Gasteiger partial charge in [-0.1, -0.05) is 31.0 Å². The standard InChI is InChI=1S/C23H32N2O4/c1-22(2,3)29-21(26)24-18-10-5-6-14-23(18,27)15-13-17-9-7-8-16-11-12-19(28-4)25-20(16)17/h7-9,11-12,18,27H,5-6,10,13-15H2,1-4H3,(H,24,26). The van der Waals surface area contributed by atoms with Crippen LogP contribution in [0.5, 0.6) is 5.88 Å². The van der Waals surface area contributed by atoms with E-state index >= 15 is 0 Å². The molecule has 1 aliphatic rings. The first-order valence-electron chi connectivity index (χ1n) is 10.3. The van der Waals surface area contributed by atoms with Crippen LogP contribution in [-0.2, 0) is 11.2 Å². The summed E-state index contributed by atoms with van der Waals surface area (Å²) in [6.45, 7) is 5.50. The third-order valence-corrected chi connectivity index (χ3v) is 5.51. The van der Waals surface area contributed by atoms with Crippen LogP contribution in [0.2, 0.25) is 0 Å². The number of nitrogens with zero attached hydrogens (tertiary/aromatic N) is 1. The van der Waals surface area contributed by atoms with E-state index in [2.05, 4.69) is 10.3 Å². The summed E-state index contributed by atoms with van der Waals surface area (Å²) in [6.07, 6.45) is 4.08. The van der Waals surface area contributed by atoms with Gasteiger partial charge in [0.15, 0.2) is 0 Å². The molecule has 6 heteroatoms. The predicted octanol–water partition coefficient (Wildman–Crippen LogP) is 4.37. The van der Waals surface area contributed by atoms with Crippen molar-refractivity contribution in [3.63, 3.8) is 0 Å². The quantitative estimate of drug-likeness (QED) is 0.779. The van der Waals surface area contributed by atoms with Gasteiger partial charge < -0.3 is 19.9 Å². The molecular formula is C23H32N2O4. The van der Waals surface area contributed by atoms with Gasteiger partial charge in [-0.3, -0.25) is 0 Å². The highest BCUT2D eigenvalue weighted by atomic mass is 16.6. The zero-order chi connectivity index (χ0) is 21.1. The predicted molar refractivity (Wildman–Crippen MR) is 113 cm³/mol. The number of methoxy groups -OCH3 is 1. The zero-order valence-electron chi connectivity index (χ0n) is 17.8. The minimum atomic E-state index is -0.962. The number of pyridine rings is 1. The minimum Gasteiger partial charge on any atom is -0.481 e. The fourth-order valence-electron chi connectivity index (χ4n) is 4.04. The molecule has 2 unspecified atom stereocenters. The maximum absolute atomic E-state index is 12.3. The van der Waals surface area contributed by atoms with Crippen molar-refractivity contribution in [2.75, 3.05) is 7.11 Å². The number of hydrogen-bond acceptors (Lipinski definition) is 5. The van der Waals surface area contributed by atoms with Gasteiger partial charge in [0.2, 0.25) is 5.88 Å². The summed E-state index contributed by atoms with van der Waals surface area (Å²) in [5.74, 6) is 0.575. The first-order chi connectivity index (χ1) is 13.7. The van der Waals surface area contributed by atoms with Crippen molar-refractivity contribution in [2.45, 2.75) is 76.5 Å². The van der Waals surface area contributed by atoms with Gasteiger partial charge in [-0.25, -0.2) is 9.78 Å². The molecule has 1 aliphatic carbocycles. The number of aromatic nitrogens is 1. The lowest BCUT2D eigenvalue weighted by molar-refractivity contribution is -0.0374. The second-order valence-corrected chi connectivity index (χ2v) is 8.89. The lowest BCUT2D eigenvalue weighted by atomic mass is 9.77. The Kier molecular flexibility index (Phi) is 6.32. The largest absolute Gasteiger partial charge is 0.481 e. The molecule has 29 heavy (non-hydrogen) atoms. The van der Waals surface area contributed by atoms with Crippen LogP contribution in [-0.4, -0.2) is 40.5 Å². The van der Waals surface area contributed by atoms with E-state index in [1.54, 1.807) is 7.11 Å². The number of nitrogens with one attached hydrogen (secondary N) is 1. The van der Waals surface area contributed by atoms with Gasteiger partial charge >= 0.3 is 6.09 Å². The number of alkyl carbamates (subject to hydrolysis) is 1. The van der Waals surface area contributed by atoms with Crippen molar-refractivity contribution in [3.05, 3.63) is 35.9 Å². The number of hydrogen-bond donors (Lipinski definition) is 2. The third-order valence-electron chi connectivity index (χ3n) is 5.51. The Labute approximate surface area is 172 Å². The van der Waals surface area contributed by atoms with E-state index in [0.29, 0.717) is 25.1 Å². The molecule has 0 aliphatic heterocycles. The van der Waals surface area contributed by atoms with Gasteiger partial charge in [-0.05, 0) is 58.1 Å². The van der Waals surface area contributed by atoms with Crippen molar-refractivity contribution in [1.82, 2.24) is 10.3 Å². The number of para-hydroxylation sites is 1. The maximum atomic E-state index is 12.3. The maximum Gasteiger partial charge on any atom is 0.407 e. The molecule has 0 bridgehead atoms. The van der Waals surface area contributed by atoms with E-state index in [9.17, 15) is 9.90 Å². The second-order valence-electron chi connectivity index (χ2n) is 8.89. The zero-order valence-corrected chi connectivity index (χ0v) is 17.8. The number of fused-ring (bicyclic) bond motifs is 1. The van der Waals surface area contributed by atoms with Crippen LogP contribution in [0.4, 0.5) is 4.79 Å². The van der Waals surface area contributed by atoms with Gasteiger partial charge in [0.25, 0.3) is 0 Å². The monoisotopic (exact) mass is 400 g/mol. The second kappa shape index (κ2) is 8.57. The first kappa shape index (κ1) is 21.4. The molecule has 1 saturated carbocycles. The van der Waals surface area contributed by atoms with Crippen LogP contribution in [0.15, 0.2) is 30.3 Å². The molecule has 0 spiro atoms. The molecule has 1 aromatic carbocycles. The number of rotatable bonds is 5. The number of aliphatic hydroxyl groups is 1. The van der Waals surface area contributed by atoms with Crippen molar-refractivity contribution >= 4 is 17.0 Å². The molecule has 2 N–H and O–H groups in total. The van der Waals surface area contributed by atoms with E-state index < -0.39 is 17.3 Å². The molecule has 1 fully saturated rings. The van der Waals surface area contributed by atoms with Gasteiger partial charge in [0.1, 0.15) is 5.60 Å². The molecule has 2 atom stereocenters. The minimum absolute atomic E-state index is 0.316. The lowest BCUT2D eigenvalue weighted by Gasteiger charge is -2.40. The average Bonchev–Trinajstić information content (AvgIpc) is 2.66. The fraction of sp³-hybridized carbons (Fsp3) is 0.565. The first-order valence-corrected chi connectivity index (χ1v) is 10.3. The van der Waals surface area contributed by atoms with Crippen molar-refractivity contribution in [1.29, 1.82) is 0 Å². The summed E-state index contributed by atoms with van der Waals surface area (Å²) in [5.41, 5.74) is 0.431. The molecule has 158 valence electrons. The van der Waals surface area contributed by atoms with Gasteiger partial charge in [-0.2, -0.15) is 0 Å². The lowest BCUT2D eigenvalue weighted by Crippen LogP contribution is -2.55. The van der Waals surface area contributed by atoms with Crippen LogP contribution in [0, 0.1) is 0 Å².